The van der Waals surface area contributed by atoms with E-state index in [2.05, 4.69) is 29.2 Å². The summed E-state index contributed by atoms with van der Waals surface area (Å²) in [6.45, 7) is 1.52. The smallest absolute Gasteiger partial charge is 0.101 e. The number of anilines is 2. The quantitative estimate of drug-likeness (QED) is 0.937. The highest BCUT2D eigenvalue weighted by Gasteiger charge is 2.29. The van der Waals surface area contributed by atoms with Crippen LogP contribution in [-0.4, -0.2) is 13.1 Å². The summed E-state index contributed by atoms with van der Waals surface area (Å²) in [5.41, 5.74) is 9.72. The van der Waals surface area contributed by atoms with E-state index in [9.17, 15) is 5.26 Å². The molecule has 4 heteroatoms. The first kappa shape index (κ1) is 13.9. The average Bonchev–Trinajstić information content (AvgIpc) is 2.86. The molecule has 1 aliphatic rings. The zero-order chi connectivity index (χ0) is 14.8. The lowest BCUT2D eigenvalue weighted by Crippen LogP contribution is -2.18. The first-order valence-corrected chi connectivity index (χ1v) is 7.38. The highest BCUT2D eigenvalue weighted by molar-refractivity contribution is 6.30. The Bertz CT molecular complexity index is 705. The topological polar surface area (TPSA) is 53.0 Å². The van der Waals surface area contributed by atoms with Crippen molar-refractivity contribution in [3.63, 3.8) is 0 Å². The number of rotatable bonds is 3. The number of nitrogens with two attached hydrogens (primary N) is 1. The molecule has 0 radical (unpaired) electrons. The molecule has 106 valence electrons. The second kappa shape index (κ2) is 5.77. The molecule has 1 atom stereocenters. The van der Waals surface area contributed by atoms with E-state index < -0.39 is 0 Å². The first-order chi connectivity index (χ1) is 10.2. The van der Waals surface area contributed by atoms with Crippen molar-refractivity contribution in [2.24, 2.45) is 5.73 Å². The summed E-state index contributed by atoms with van der Waals surface area (Å²) in [6, 6.07) is 16.0. The number of nitrogens with zero attached hydrogens (tertiary/aromatic N) is 2. The molecule has 3 nitrogen and oxygen atoms in total. The molecule has 0 aromatic heterocycles. The van der Waals surface area contributed by atoms with Crippen LogP contribution in [0.15, 0.2) is 42.5 Å². The van der Waals surface area contributed by atoms with Gasteiger partial charge in [0.2, 0.25) is 0 Å². The Morgan fingerprint density at radius 2 is 2.05 bits per heavy atom. The van der Waals surface area contributed by atoms with Crippen molar-refractivity contribution in [3.8, 4) is 6.07 Å². The molecule has 0 aliphatic carbocycles. The highest BCUT2D eigenvalue weighted by Crippen LogP contribution is 2.43. The number of nitriles is 1. The van der Waals surface area contributed by atoms with Crippen LogP contribution in [0.5, 0.6) is 0 Å². The van der Waals surface area contributed by atoms with Gasteiger partial charge in [-0.3, -0.25) is 0 Å². The number of para-hydroxylation sites is 1. The van der Waals surface area contributed by atoms with Crippen LogP contribution in [0.3, 0.4) is 0 Å². The number of hydrogen-bond donors (Lipinski definition) is 1. The van der Waals surface area contributed by atoms with Crippen LogP contribution in [0.1, 0.15) is 23.5 Å². The van der Waals surface area contributed by atoms with E-state index in [1.807, 2.05) is 18.2 Å². The van der Waals surface area contributed by atoms with Gasteiger partial charge >= 0.3 is 0 Å². The molecule has 0 saturated heterocycles. The minimum absolute atomic E-state index is 0.411. The third-order valence-corrected chi connectivity index (χ3v) is 4.19. The number of fused-ring (bicyclic) bond motifs is 1. The summed E-state index contributed by atoms with van der Waals surface area (Å²) < 4.78 is 0. The lowest BCUT2D eigenvalue weighted by atomic mass is 9.98. The molecule has 2 aromatic carbocycles. The Balaban J connectivity index is 2.07. The van der Waals surface area contributed by atoms with E-state index in [1.54, 1.807) is 6.07 Å². The Kier molecular flexibility index (Phi) is 3.83. The molecule has 1 heterocycles. The zero-order valence-electron chi connectivity index (χ0n) is 11.6. The molecule has 21 heavy (non-hydrogen) atoms. The van der Waals surface area contributed by atoms with Crippen molar-refractivity contribution < 1.29 is 0 Å². The second-order valence-electron chi connectivity index (χ2n) is 5.22. The van der Waals surface area contributed by atoms with Crippen LogP contribution in [0.4, 0.5) is 11.4 Å². The fourth-order valence-corrected chi connectivity index (χ4v) is 3.18. The molecule has 3 rings (SSSR count). The molecule has 0 spiro atoms. The third-order valence-electron chi connectivity index (χ3n) is 3.96. The van der Waals surface area contributed by atoms with Crippen molar-refractivity contribution in [3.05, 3.63) is 58.6 Å². The summed E-state index contributed by atoms with van der Waals surface area (Å²) in [5, 5.41) is 9.95. The van der Waals surface area contributed by atoms with E-state index in [1.165, 1.54) is 5.56 Å². The molecule has 0 amide bonds. The third kappa shape index (κ3) is 2.49. The SMILES string of the molecule is N#Cc1cc(Cl)ccc1N1CC(CCN)c2ccccc21. The van der Waals surface area contributed by atoms with Crippen molar-refractivity contribution in [1.29, 1.82) is 5.26 Å². The van der Waals surface area contributed by atoms with Gasteiger partial charge in [0.1, 0.15) is 6.07 Å². The van der Waals surface area contributed by atoms with Gasteiger partial charge in [0.05, 0.1) is 11.3 Å². The van der Waals surface area contributed by atoms with Crippen LogP contribution in [0.2, 0.25) is 5.02 Å². The van der Waals surface area contributed by atoms with Gasteiger partial charge in [0, 0.05) is 23.2 Å². The van der Waals surface area contributed by atoms with Gasteiger partial charge in [-0.2, -0.15) is 5.26 Å². The maximum Gasteiger partial charge on any atom is 0.101 e. The molecular formula is C17H16ClN3. The molecule has 0 fully saturated rings. The summed E-state index contributed by atoms with van der Waals surface area (Å²) in [6.07, 6.45) is 0.947. The van der Waals surface area contributed by atoms with E-state index in [4.69, 9.17) is 17.3 Å². The maximum atomic E-state index is 9.37. The Morgan fingerprint density at radius 1 is 1.24 bits per heavy atom. The van der Waals surface area contributed by atoms with Gasteiger partial charge in [-0.05, 0) is 42.8 Å². The minimum Gasteiger partial charge on any atom is -0.340 e. The minimum atomic E-state index is 0.411. The molecule has 1 aliphatic heterocycles. The van der Waals surface area contributed by atoms with E-state index in [-0.39, 0.29) is 0 Å². The predicted octanol–water partition coefficient (Wildman–Crippen LogP) is 3.80. The van der Waals surface area contributed by atoms with Gasteiger partial charge in [-0.15, -0.1) is 0 Å². The maximum absolute atomic E-state index is 9.37. The van der Waals surface area contributed by atoms with Gasteiger partial charge in [0.15, 0.2) is 0 Å². The molecular weight excluding hydrogens is 282 g/mol. The lowest BCUT2D eigenvalue weighted by Gasteiger charge is -2.21. The Morgan fingerprint density at radius 3 is 2.81 bits per heavy atom. The predicted molar refractivity (Wildman–Crippen MR) is 86.0 cm³/mol. The average molecular weight is 298 g/mol. The van der Waals surface area contributed by atoms with Crippen molar-refractivity contribution in [2.75, 3.05) is 18.0 Å². The lowest BCUT2D eigenvalue weighted by molar-refractivity contribution is 0.668. The first-order valence-electron chi connectivity index (χ1n) is 7.00. The molecule has 1 unspecified atom stereocenters. The summed E-state index contributed by atoms with van der Waals surface area (Å²) in [7, 11) is 0. The standard InChI is InChI=1S/C17H16ClN3/c18-14-5-6-16(13(9-14)10-20)21-11-12(7-8-19)15-3-1-2-4-17(15)21/h1-6,9,12H,7-8,11,19H2. The zero-order valence-corrected chi connectivity index (χ0v) is 12.3. The molecule has 0 bridgehead atoms. The largest absolute Gasteiger partial charge is 0.340 e. The highest BCUT2D eigenvalue weighted by atomic mass is 35.5. The number of benzene rings is 2. The van der Waals surface area contributed by atoms with Crippen LogP contribution < -0.4 is 10.6 Å². The Hall–Kier alpha value is -2.02. The van der Waals surface area contributed by atoms with Gasteiger partial charge in [-0.1, -0.05) is 29.8 Å². The number of hydrogen-bond acceptors (Lipinski definition) is 3. The van der Waals surface area contributed by atoms with Crippen molar-refractivity contribution in [2.45, 2.75) is 12.3 Å². The summed E-state index contributed by atoms with van der Waals surface area (Å²) in [5.74, 6) is 0.411. The van der Waals surface area contributed by atoms with Gasteiger partial charge < -0.3 is 10.6 Å². The van der Waals surface area contributed by atoms with E-state index in [0.717, 1.165) is 24.3 Å². The van der Waals surface area contributed by atoms with E-state index >= 15 is 0 Å². The van der Waals surface area contributed by atoms with Crippen LogP contribution in [0.25, 0.3) is 0 Å². The number of halogens is 1. The van der Waals surface area contributed by atoms with Crippen molar-refractivity contribution >= 4 is 23.0 Å². The molecule has 0 saturated carbocycles. The van der Waals surface area contributed by atoms with E-state index in [0.29, 0.717) is 23.0 Å². The van der Waals surface area contributed by atoms with Crippen LogP contribution in [-0.2, 0) is 0 Å². The van der Waals surface area contributed by atoms with Gasteiger partial charge in [0.25, 0.3) is 0 Å². The normalized spacial score (nSPS) is 16.6. The second-order valence-corrected chi connectivity index (χ2v) is 5.65. The molecule has 2 N–H and O–H groups in total. The summed E-state index contributed by atoms with van der Waals surface area (Å²) in [4.78, 5) is 2.20. The van der Waals surface area contributed by atoms with Crippen molar-refractivity contribution in [1.82, 2.24) is 0 Å². The monoisotopic (exact) mass is 297 g/mol. The van der Waals surface area contributed by atoms with Crippen LogP contribution >= 0.6 is 11.6 Å². The van der Waals surface area contributed by atoms with Gasteiger partial charge in [-0.25, -0.2) is 0 Å². The molecule has 2 aromatic rings. The Labute approximate surface area is 129 Å². The fraction of sp³-hybridized carbons (Fsp3) is 0.235. The fourth-order valence-electron chi connectivity index (χ4n) is 3.00. The van der Waals surface area contributed by atoms with Crippen LogP contribution in [0, 0.1) is 11.3 Å². The summed E-state index contributed by atoms with van der Waals surface area (Å²) >= 11 is 5.99.